The maximum Gasteiger partial charge on any atom is 0.178 e. The Morgan fingerprint density at radius 2 is 2.12 bits per heavy atom. The van der Waals surface area contributed by atoms with Crippen molar-refractivity contribution in [3.8, 4) is 11.4 Å². The van der Waals surface area contributed by atoms with Crippen LogP contribution >= 0.6 is 0 Å². The first-order valence-electron chi connectivity index (χ1n) is 5.47. The lowest BCUT2D eigenvalue weighted by molar-refractivity contribution is 1.07. The summed E-state index contributed by atoms with van der Waals surface area (Å²) in [6, 6.07) is 11.9. The third-order valence-corrected chi connectivity index (χ3v) is 2.69. The minimum atomic E-state index is 0.534. The number of imidazole rings is 1. The van der Waals surface area contributed by atoms with Crippen molar-refractivity contribution in [2.45, 2.75) is 6.54 Å². The smallest absolute Gasteiger partial charge is 0.178 e. The molecule has 0 aliphatic heterocycles. The highest BCUT2D eigenvalue weighted by Gasteiger charge is 2.05. The van der Waals surface area contributed by atoms with Crippen molar-refractivity contribution in [1.29, 1.82) is 0 Å². The van der Waals surface area contributed by atoms with Gasteiger partial charge in [0.1, 0.15) is 5.82 Å². The van der Waals surface area contributed by atoms with E-state index in [0.29, 0.717) is 6.54 Å². The maximum absolute atomic E-state index is 5.63. The molecular formula is C13H12N4. The van der Waals surface area contributed by atoms with Gasteiger partial charge >= 0.3 is 0 Å². The molecule has 0 atom stereocenters. The van der Waals surface area contributed by atoms with Gasteiger partial charge in [-0.2, -0.15) is 0 Å². The molecule has 84 valence electrons. The number of aromatic amines is 1. The van der Waals surface area contributed by atoms with E-state index < -0.39 is 0 Å². The van der Waals surface area contributed by atoms with Crippen LogP contribution < -0.4 is 5.73 Å². The highest BCUT2D eigenvalue weighted by molar-refractivity contribution is 5.75. The van der Waals surface area contributed by atoms with Crippen LogP contribution in [0.4, 0.5) is 0 Å². The monoisotopic (exact) mass is 224 g/mol. The lowest BCUT2D eigenvalue weighted by Crippen LogP contribution is -1.95. The van der Waals surface area contributed by atoms with Crippen LogP contribution in [0.2, 0.25) is 0 Å². The first-order valence-corrected chi connectivity index (χ1v) is 5.47. The Hall–Kier alpha value is -2.20. The third-order valence-electron chi connectivity index (χ3n) is 2.69. The highest BCUT2D eigenvalue weighted by Crippen LogP contribution is 2.19. The summed E-state index contributed by atoms with van der Waals surface area (Å²) in [5.74, 6) is 0.828. The van der Waals surface area contributed by atoms with E-state index in [1.165, 1.54) is 0 Å². The summed E-state index contributed by atoms with van der Waals surface area (Å²) in [5, 5.41) is 0. The fraction of sp³-hybridized carbons (Fsp3) is 0.0769. The van der Waals surface area contributed by atoms with Gasteiger partial charge < -0.3 is 10.7 Å². The second-order valence-corrected chi connectivity index (χ2v) is 3.86. The highest BCUT2D eigenvalue weighted by atomic mass is 15.0. The summed E-state index contributed by atoms with van der Waals surface area (Å²) in [7, 11) is 0. The van der Waals surface area contributed by atoms with Gasteiger partial charge in [-0.25, -0.2) is 9.97 Å². The Kier molecular flexibility index (Phi) is 2.34. The molecule has 3 N–H and O–H groups in total. The number of hydrogen-bond donors (Lipinski definition) is 2. The van der Waals surface area contributed by atoms with E-state index in [1.54, 1.807) is 6.20 Å². The molecule has 0 aliphatic carbocycles. The van der Waals surface area contributed by atoms with Crippen molar-refractivity contribution in [2.24, 2.45) is 5.73 Å². The number of nitrogens with one attached hydrogen (secondary N) is 1. The topological polar surface area (TPSA) is 67.6 Å². The van der Waals surface area contributed by atoms with Crippen molar-refractivity contribution in [3.63, 3.8) is 0 Å². The molecule has 0 aliphatic rings. The van der Waals surface area contributed by atoms with E-state index in [0.717, 1.165) is 28.1 Å². The van der Waals surface area contributed by atoms with Crippen LogP contribution in [-0.2, 0) is 6.54 Å². The van der Waals surface area contributed by atoms with Gasteiger partial charge in [-0.15, -0.1) is 0 Å². The molecule has 0 saturated carbocycles. The normalized spacial score (nSPS) is 10.9. The number of rotatable bonds is 2. The Bertz CT molecular complexity index is 624. The van der Waals surface area contributed by atoms with Gasteiger partial charge in [0.25, 0.3) is 0 Å². The van der Waals surface area contributed by atoms with E-state index >= 15 is 0 Å². The van der Waals surface area contributed by atoms with Crippen LogP contribution in [0.15, 0.2) is 42.6 Å². The van der Waals surface area contributed by atoms with Crippen molar-refractivity contribution >= 4 is 11.2 Å². The van der Waals surface area contributed by atoms with Gasteiger partial charge in [-0.1, -0.05) is 18.2 Å². The number of nitrogens with zero attached hydrogens (tertiary/aromatic N) is 2. The predicted octanol–water partition coefficient (Wildman–Crippen LogP) is 2.08. The molecule has 4 heteroatoms. The fourth-order valence-electron chi connectivity index (χ4n) is 1.83. The van der Waals surface area contributed by atoms with Gasteiger partial charge in [-0.3, -0.25) is 0 Å². The number of nitrogens with two attached hydrogens (primary N) is 1. The summed E-state index contributed by atoms with van der Waals surface area (Å²) < 4.78 is 0. The Labute approximate surface area is 98.5 Å². The summed E-state index contributed by atoms with van der Waals surface area (Å²) in [6.45, 7) is 0.534. The molecular weight excluding hydrogens is 212 g/mol. The molecule has 4 nitrogen and oxygen atoms in total. The molecule has 0 saturated heterocycles. The number of benzene rings is 1. The minimum absolute atomic E-state index is 0.534. The molecule has 2 heterocycles. The van der Waals surface area contributed by atoms with Crippen LogP contribution in [0.1, 0.15) is 5.56 Å². The summed E-state index contributed by atoms with van der Waals surface area (Å²) in [6.07, 6.45) is 1.74. The third kappa shape index (κ3) is 1.79. The van der Waals surface area contributed by atoms with Crippen LogP contribution in [0.5, 0.6) is 0 Å². The molecule has 3 rings (SSSR count). The molecule has 1 aromatic carbocycles. The first-order chi connectivity index (χ1) is 8.36. The standard InChI is InChI=1S/C13H12N4/c14-8-9-3-1-4-10(7-9)12-16-11-5-2-6-15-13(11)17-12/h1-7H,8,14H2,(H,15,16,17). The molecule has 0 fully saturated rings. The van der Waals surface area contributed by atoms with E-state index in [2.05, 4.69) is 15.0 Å². The predicted molar refractivity (Wildman–Crippen MR) is 67.2 cm³/mol. The lowest BCUT2D eigenvalue weighted by Gasteiger charge is -1.99. The second kappa shape index (κ2) is 3.99. The average Bonchev–Trinajstić information content (AvgIpc) is 2.82. The number of hydrogen-bond acceptors (Lipinski definition) is 3. The molecule has 3 aromatic rings. The SMILES string of the molecule is NCc1cccc(-c2nc3ncccc3[nH]2)c1. The zero-order valence-corrected chi connectivity index (χ0v) is 9.22. The molecule has 0 radical (unpaired) electrons. The molecule has 0 spiro atoms. The van der Waals surface area contributed by atoms with Crippen LogP contribution in [-0.4, -0.2) is 15.0 Å². The second-order valence-electron chi connectivity index (χ2n) is 3.86. The summed E-state index contributed by atoms with van der Waals surface area (Å²) >= 11 is 0. The van der Waals surface area contributed by atoms with Gasteiger partial charge in [0.2, 0.25) is 0 Å². The van der Waals surface area contributed by atoms with Crippen LogP contribution in [0.3, 0.4) is 0 Å². The zero-order chi connectivity index (χ0) is 11.7. The van der Waals surface area contributed by atoms with Gasteiger partial charge in [0, 0.05) is 18.3 Å². The zero-order valence-electron chi connectivity index (χ0n) is 9.22. The van der Waals surface area contributed by atoms with Gasteiger partial charge in [0.05, 0.1) is 5.52 Å². The largest absolute Gasteiger partial charge is 0.337 e. The van der Waals surface area contributed by atoms with E-state index in [9.17, 15) is 0 Å². The Morgan fingerprint density at radius 1 is 1.18 bits per heavy atom. The fourth-order valence-corrected chi connectivity index (χ4v) is 1.83. The number of H-pyrrole nitrogens is 1. The van der Waals surface area contributed by atoms with Crippen molar-refractivity contribution in [2.75, 3.05) is 0 Å². The molecule has 2 aromatic heterocycles. The number of fused-ring (bicyclic) bond motifs is 1. The molecule has 0 unspecified atom stereocenters. The Morgan fingerprint density at radius 3 is 2.94 bits per heavy atom. The average molecular weight is 224 g/mol. The number of pyridine rings is 1. The van der Waals surface area contributed by atoms with Crippen LogP contribution in [0.25, 0.3) is 22.6 Å². The summed E-state index contributed by atoms with van der Waals surface area (Å²) in [4.78, 5) is 11.9. The van der Waals surface area contributed by atoms with Crippen molar-refractivity contribution < 1.29 is 0 Å². The molecule has 0 bridgehead atoms. The first kappa shape index (κ1) is 9.99. The summed E-state index contributed by atoms with van der Waals surface area (Å²) in [5.41, 5.74) is 9.44. The Balaban J connectivity index is 2.13. The lowest BCUT2D eigenvalue weighted by atomic mass is 10.1. The van der Waals surface area contributed by atoms with Crippen molar-refractivity contribution in [3.05, 3.63) is 48.2 Å². The number of aromatic nitrogens is 3. The van der Waals surface area contributed by atoms with Gasteiger partial charge in [0.15, 0.2) is 5.65 Å². The van der Waals surface area contributed by atoms with E-state index in [1.807, 2.05) is 36.4 Å². The van der Waals surface area contributed by atoms with E-state index in [4.69, 9.17) is 5.73 Å². The minimum Gasteiger partial charge on any atom is -0.337 e. The molecule has 0 amide bonds. The van der Waals surface area contributed by atoms with Crippen LogP contribution in [0, 0.1) is 0 Å². The quantitative estimate of drug-likeness (QED) is 0.700. The van der Waals surface area contributed by atoms with Gasteiger partial charge in [-0.05, 0) is 23.8 Å². The maximum atomic E-state index is 5.63. The van der Waals surface area contributed by atoms with Crippen molar-refractivity contribution in [1.82, 2.24) is 15.0 Å². The van der Waals surface area contributed by atoms with E-state index in [-0.39, 0.29) is 0 Å². The molecule has 17 heavy (non-hydrogen) atoms.